The number of likely N-dealkylation sites (N-methyl/N-ethyl adjacent to an activating group) is 1. The highest BCUT2D eigenvalue weighted by atomic mass is 127. The Morgan fingerprint density at radius 1 is 1.70 bits per heavy atom. The zero-order valence-electron chi connectivity index (χ0n) is 5.70. The fourth-order valence-electron chi connectivity index (χ4n) is 0.693. The van der Waals surface area contributed by atoms with Gasteiger partial charge in [0.1, 0.15) is 0 Å². The van der Waals surface area contributed by atoms with Gasteiger partial charge < -0.3 is 5.32 Å². The van der Waals surface area contributed by atoms with Gasteiger partial charge in [0.25, 0.3) is 0 Å². The first-order chi connectivity index (χ1) is 4.84. The molecule has 1 rings (SSSR count). The molecule has 0 aromatic heterocycles. The van der Waals surface area contributed by atoms with Gasteiger partial charge in [-0.05, 0) is 11.1 Å². The molecule has 1 N–H and O–H groups in total. The van der Waals surface area contributed by atoms with Crippen molar-refractivity contribution < 1.29 is 4.39 Å². The number of nitrogens with one attached hydrogen (secondary N) is 1. The van der Waals surface area contributed by atoms with E-state index in [-0.39, 0.29) is 3.76 Å². The van der Waals surface area contributed by atoms with Gasteiger partial charge in [0.2, 0.25) is 0 Å². The molecular weight excluding hydrogens is 244 g/mol. The maximum absolute atomic E-state index is 12.8. The number of halogens is 2. The van der Waals surface area contributed by atoms with Crippen molar-refractivity contribution in [1.82, 2.24) is 5.32 Å². The number of hydrogen-bond acceptors (Lipinski definition) is 1. The molecule has 56 valence electrons. The summed E-state index contributed by atoms with van der Waals surface area (Å²) in [6.07, 6.45) is 3.76. The van der Waals surface area contributed by atoms with Gasteiger partial charge in [0.05, 0.1) is 0 Å². The van der Waals surface area contributed by atoms with Crippen LogP contribution >= 0.6 is 20.7 Å². The highest BCUT2D eigenvalue weighted by Gasteiger charge is 2.03. The van der Waals surface area contributed by atoms with E-state index in [1.807, 2.05) is 23.3 Å². The van der Waals surface area contributed by atoms with E-state index in [9.17, 15) is 4.39 Å². The molecule has 0 radical (unpaired) electrons. The van der Waals surface area contributed by atoms with E-state index < -0.39 is 20.7 Å². The average Bonchev–Trinajstić information content (AvgIpc) is 1.94. The highest BCUT2D eigenvalue weighted by molar-refractivity contribution is 14.2. The normalized spacial score (nSPS) is 17.4. The molecule has 0 fully saturated rings. The molecule has 0 saturated carbocycles. The van der Waals surface area contributed by atoms with E-state index in [2.05, 4.69) is 5.32 Å². The molecule has 3 heteroatoms. The van der Waals surface area contributed by atoms with Gasteiger partial charge in [-0.3, -0.25) is 0 Å². The van der Waals surface area contributed by atoms with Crippen LogP contribution in [0, 0.1) is 0 Å². The molecule has 0 amide bonds. The van der Waals surface area contributed by atoms with Crippen molar-refractivity contribution in [2.24, 2.45) is 0 Å². The molecule has 1 heterocycles. The van der Waals surface area contributed by atoms with Crippen LogP contribution in [0.15, 0.2) is 21.8 Å². The highest BCUT2D eigenvalue weighted by Crippen LogP contribution is 2.16. The van der Waals surface area contributed by atoms with Crippen molar-refractivity contribution in [3.05, 3.63) is 21.8 Å². The summed E-state index contributed by atoms with van der Waals surface area (Å²) in [5, 5.41) is 2.92. The summed E-state index contributed by atoms with van der Waals surface area (Å²) in [5.74, 6) is 0. The fourth-order valence-corrected chi connectivity index (χ4v) is 2.19. The van der Waals surface area contributed by atoms with Gasteiger partial charge in [-0.15, -0.1) is 0 Å². The number of allylic oxidation sites excluding steroid dienone is 2. The largest absolute Gasteiger partial charge is 0.316 e. The van der Waals surface area contributed by atoms with Crippen LogP contribution in [0.25, 0.3) is 0 Å². The summed E-state index contributed by atoms with van der Waals surface area (Å²) in [6, 6.07) is 0. The first-order valence-corrected chi connectivity index (χ1v) is 5.33. The molecule has 0 atom stereocenters. The lowest BCUT2D eigenvalue weighted by Crippen LogP contribution is -2.14. The maximum Gasteiger partial charge on any atom is 0.159 e. The van der Waals surface area contributed by atoms with Crippen LogP contribution in [0.4, 0.5) is 4.39 Å². The van der Waals surface area contributed by atoms with Gasteiger partial charge in [-0.2, -0.15) is 0 Å². The zero-order valence-corrected chi connectivity index (χ0v) is 7.85. The van der Waals surface area contributed by atoms with Crippen molar-refractivity contribution in [1.29, 1.82) is 0 Å². The van der Waals surface area contributed by atoms with E-state index in [0.717, 1.165) is 5.57 Å². The second-order valence-electron chi connectivity index (χ2n) is 1.91. The summed E-state index contributed by atoms with van der Waals surface area (Å²) in [7, 11) is 1.82. The molecule has 0 bridgehead atoms. The third-order valence-corrected chi connectivity index (χ3v) is 3.15. The molecular formula is C7H9FIN. The van der Waals surface area contributed by atoms with Crippen LogP contribution in [-0.4, -0.2) is 17.4 Å². The van der Waals surface area contributed by atoms with Crippen molar-refractivity contribution in [2.45, 2.75) is 0 Å². The SMILES string of the molecule is CNCC1=CC=CI=C1F. The molecule has 0 saturated heterocycles. The average molecular weight is 253 g/mol. The topological polar surface area (TPSA) is 12.0 Å². The Labute approximate surface area is 69.8 Å². The van der Waals surface area contributed by atoms with E-state index in [1.165, 1.54) is 0 Å². The monoisotopic (exact) mass is 253 g/mol. The molecule has 0 unspecified atom stereocenters. The van der Waals surface area contributed by atoms with Gasteiger partial charge in [0, 0.05) is 12.1 Å². The van der Waals surface area contributed by atoms with Gasteiger partial charge in [0.15, 0.2) is 3.76 Å². The van der Waals surface area contributed by atoms with E-state index >= 15 is 0 Å². The standard InChI is InChI=1S/C7H9FIN/c1-10-5-6-3-2-4-9-7(6)8/h2-4,10H,5H2,1H3. The van der Waals surface area contributed by atoms with Crippen molar-refractivity contribution in [2.75, 3.05) is 13.6 Å². The van der Waals surface area contributed by atoms with Crippen LogP contribution in [0.2, 0.25) is 0 Å². The molecule has 0 aromatic rings. The Morgan fingerprint density at radius 2 is 2.50 bits per heavy atom. The summed E-state index contributed by atoms with van der Waals surface area (Å²) >= 11 is -0.440. The molecule has 0 aliphatic carbocycles. The number of rotatable bonds is 2. The Bertz CT molecular complexity index is 206. The van der Waals surface area contributed by atoms with Crippen molar-refractivity contribution in [3.63, 3.8) is 0 Å². The minimum absolute atomic E-state index is 0.0932. The lowest BCUT2D eigenvalue weighted by atomic mass is 10.3. The van der Waals surface area contributed by atoms with Crippen LogP contribution < -0.4 is 5.32 Å². The third-order valence-electron chi connectivity index (χ3n) is 1.14. The molecule has 1 aliphatic heterocycles. The molecule has 1 aliphatic rings. The minimum atomic E-state index is -0.440. The van der Waals surface area contributed by atoms with Crippen LogP contribution in [0.1, 0.15) is 0 Å². The predicted octanol–water partition coefficient (Wildman–Crippen LogP) is 1.73. The van der Waals surface area contributed by atoms with Crippen molar-refractivity contribution >= 4 is 24.5 Å². The minimum Gasteiger partial charge on any atom is -0.316 e. The first-order valence-electron chi connectivity index (χ1n) is 3.01. The lowest BCUT2D eigenvalue weighted by Gasteiger charge is -2.03. The van der Waals surface area contributed by atoms with E-state index in [0.29, 0.717) is 6.54 Å². The van der Waals surface area contributed by atoms with E-state index in [1.54, 1.807) is 0 Å². The summed E-state index contributed by atoms with van der Waals surface area (Å²) < 4.78 is 14.9. The Hall–Kier alpha value is -0.0300. The first kappa shape index (κ1) is 8.07. The van der Waals surface area contributed by atoms with Crippen LogP contribution in [-0.2, 0) is 0 Å². The lowest BCUT2D eigenvalue weighted by molar-refractivity contribution is 0.807. The Kier molecular flexibility index (Phi) is 3.21. The number of hydrogen-bond donors (Lipinski definition) is 1. The molecule has 0 aromatic carbocycles. The summed E-state index contributed by atoms with van der Waals surface area (Å²) in [6.45, 7) is 0.649. The summed E-state index contributed by atoms with van der Waals surface area (Å²) in [4.78, 5) is 0. The molecule has 0 spiro atoms. The summed E-state index contributed by atoms with van der Waals surface area (Å²) in [5.41, 5.74) is 0.817. The van der Waals surface area contributed by atoms with Crippen LogP contribution in [0.3, 0.4) is 0 Å². The van der Waals surface area contributed by atoms with Crippen LogP contribution in [0.5, 0.6) is 0 Å². The quantitative estimate of drug-likeness (QED) is 0.739. The third kappa shape index (κ3) is 1.98. The maximum atomic E-state index is 12.8. The Balaban J connectivity index is 2.67. The fraction of sp³-hybridized carbons (Fsp3) is 0.286. The molecule has 1 nitrogen and oxygen atoms in total. The Morgan fingerprint density at radius 3 is 3.10 bits per heavy atom. The second-order valence-corrected chi connectivity index (χ2v) is 4.20. The van der Waals surface area contributed by atoms with Gasteiger partial charge in [-0.1, -0.05) is 32.9 Å². The van der Waals surface area contributed by atoms with Gasteiger partial charge >= 0.3 is 0 Å². The second kappa shape index (κ2) is 3.98. The zero-order chi connectivity index (χ0) is 7.40. The smallest absolute Gasteiger partial charge is 0.159 e. The van der Waals surface area contributed by atoms with E-state index in [4.69, 9.17) is 0 Å². The predicted molar refractivity (Wildman–Crippen MR) is 51.3 cm³/mol. The van der Waals surface area contributed by atoms with Gasteiger partial charge in [-0.25, -0.2) is 4.39 Å². The molecule has 10 heavy (non-hydrogen) atoms. The van der Waals surface area contributed by atoms with Crippen molar-refractivity contribution in [3.8, 4) is 0 Å².